The molecule has 0 aliphatic heterocycles. The highest BCUT2D eigenvalue weighted by Gasteiger charge is 2.14. The summed E-state index contributed by atoms with van der Waals surface area (Å²) in [6.07, 6.45) is 0. The molecule has 120 valence electrons. The molecule has 4 nitrogen and oxygen atoms in total. The summed E-state index contributed by atoms with van der Waals surface area (Å²) in [5.74, 6) is 2.09. The van der Waals surface area contributed by atoms with E-state index in [-0.39, 0.29) is 29.5 Å². The highest BCUT2D eigenvalue weighted by Crippen LogP contribution is 2.25. The van der Waals surface area contributed by atoms with Crippen molar-refractivity contribution in [2.24, 2.45) is 4.99 Å². The maximum atomic E-state index is 5.41. The second kappa shape index (κ2) is 9.12. The van der Waals surface area contributed by atoms with E-state index in [9.17, 15) is 0 Å². The molecule has 0 amide bonds. The predicted octanol–water partition coefficient (Wildman–Crippen LogP) is 3.38. The van der Waals surface area contributed by atoms with Crippen LogP contribution in [0.2, 0.25) is 0 Å². The van der Waals surface area contributed by atoms with Gasteiger partial charge >= 0.3 is 0 Å². The molecule has 0 saturated carbocycles. The van der Waals surface area contributed by atoms with Gasteiger partial charge in [-0.15, -0.1) is 24.0 Å². The molecule has 0 spiro atoms. The number of para-hydroxylation sites is 1. The van der Waals surface area contributed by atoms with Crippen LogP contribution in [0.1, 0.15) is 39.2 Å². The lowest BCUT2D eigenvalue weighted by atomic mass is 10.00. The van der Waals surface area contributed by atoms with E-state index in [2.05, 4.69) is 49.4 Å². The average molecular weight is 405 g/mol. The molecule has 0 fully saturated rings. The number of rotatable bonds is 4. The minimum atomic E-state index is -0.00445. The standard InChI is InChI=1S/C16H27N3O.HI/c1-12(13-9-7-8-10-14(13)20-6)11-18-15(17-5)19-16(2,3)4;/h7-10,12H,11H2,1-6H3,(H2,17,18,19);1H. The third kappa shape index (κ3) is 7.02. The summed E-state index contributed by atoms with van der Waals surface area (Å²) < 4.78 is 5.41. The molecule has 0 aromatic heterocycles. The van der Waals surface area contributed by atoms with Gasteiger partial charge in [-0.2, -0.15) is 0 Å². The van der Waals surface area contributed by atoms with E-state index >= 15 is 0 Å². The number of guanidine groups is 1. The Morgan fingerprint density at radius 2 is 1.90 bits per heavy atom. The Balaban J connectivity index is 0.00000400. The fraction of sp³-hybridized carbons (Fsp3) is 0.562. The first-order valence-electron chi connectivity index (χ1n) is 6.99. The van der Waals surface area contributed by atoms with E-state index in [1.165, 1.54) is 5.56 Å². The van der Waals surface area contributed by atoms with Crippen LogP contribution >= 0.6 is 24.0 Å². The van der Waals surface area contributed by atoms with Crippen molar-refractivity contribution in [3.63, 3.8) is 0 Å². The van der Waals surface area contributed by atoms with Crippen LogP contribution in [0.3, 0.4) is 0 Å². The topological polar surface area (TPSA) is 45.7 Å². The molecule has 0 saturated heterocycles. The van der Waals surface area contributed by atoms with Crippen molar-refractivity contribution in [2.45, 2.75) is 39.2 Å². The molecule has 1 rings (SSSR count). The number of benzene rings is 1. The fourth-order valence-electron chi connectivity index (χ4n) is 1.97. The highest BCUT2D eigenvalue weighted by molar-refractivity contribution is 14.0. The quantitative estimate of drug-likeness (QED) is 0.459. The molecule has 0 heterocycles. The van der Waals surface area contributed by atoms with E-state index in [0.29, 0.717) is 5.92 Å². The lowest BCUT2D eigenvalue weighted by Crippen LogP contribution is -2.48. The third-order valence-corrected chi connectivity index (χ3v) is 2.96. The van der Waals surface area contributed by atoms with Crippen LogP contribution in [-0.2, 0) is 0 Å². The van der Waals surface area contributed by atoms with Crippen LogP contribution in [0.5, 0.6) is 5.75 Å². The van der Waals surface area contributed by atoms with Gasteiger partial charge in [0, 0.05) is 25.0 Å². The largest absolute Gasteiger partial charge is 0.496 e. The maximum Gasteiger partial charge on any atom is 0.191 e. The van der Waals surface area contributed by atoms with Gasteiger partial charge in [0.1, 0.15) is 5.75 Å². The molecule has 5 heteroatoms. The van der Waals surface area contributed by atoms with Gasteiger partial charge in [-0.1, -0.05) is 25.1 Å². The Hall–Kier alpha value is -0.980. The number of hydrogen-bond donors (Lipinski definition) is 2. The van der Waals surface area contributed by atoms with E-state index in [0.717, 1.165) is 18.3 Å². The van der Waals surface area contributed by atoms with Gasteiger partial charge in [-0.25, -0.2) is 0 Å². The normalized spacial score (nSPS) is 13.1. The number of methoxy groups -OCH3 is 1. The van der Waals surface area contributed by atoms with E-state index in [4.69, 9.17) is 4.74 Å². The molecule has 1 atom stereocenters. The lowest BCUT2D eigenvalue weighted by molar-refractivity contribution is 0.406. The SMILES string of the molecule is CN=C(NCC(C)c1ccccc1OC)NC(C)(C)C.I. The second-order valence-electron chi connectivity index (χ2n) is 5.97. The van der Waals surface area contributed by atoms with Crippen LogP contribution in [0.4, 0.5) is 0 Å². The zero-order valence-corrected chi connectivity index (χ0v) is 16.2. The predicted molar refractivity (Wildman–Crippen MR) is 101 cm³/mol. The Bertz CT molecular complexity index is 455. The lowest BCUT2D eigenvalue weighted by Gasteiger charge is -2.25. The fourth-order valence-corrected chi connectivity index (χ4v) is 1.97. The Morgan fingerprint density at radius 1 is 1.29 bits per heavy atom. The molecule has 0 radical (unpaired) electrons. The summed E-state index contributed by atoms with van der Waals surface area (Å²) >= 11 is 0. The Morgan fingerprint density at radius 3 is 2.43 bits per heavy atom. The van der Waals surface area contributed by atoms with Gasteiger partial charge in [-0.05, 0) is 32.4 Å². The van der Waals surface area contributed by atoms with Crippen LogP contribution in [0, 0.1) is 0 Å². The van der Waals surface area contributed by atoms with Crippen LogP contribution in [-0.4, -0.2) is 32.2 Å². The molecule has 2 N–H and O–H groups in total. The Labute approximate surface area is 145 Å². The Kier molecular flexibility index (Phi) is 8.70. The van der Waals surface area contributed by atoms with E-state index in [1.807, 2.05) is 18.2 Å². The van der Waals surface area contributed by atoms with Crippen molar-refractivity contribution in [1.82, 2.24) is 10.6 Å². The van der Waals surface area contributed by atoms with Gasteiger partial charge in [-0.3, -0.25) is 4.99 Å². The number of ether oxygens (including phenoxy) is 1. The smallest absolute Gasteiger partial charge is 0.191 e. The number of aliphatic imine (C=N–C) groups is 1. The first kappa shape index (κ1) is 20.0. The molecule has 21 heavy (non-hydrogen) atoms. The molecule has 1 aromatic carbocycles. The number of hydrogen-bond acceptors (Lipinski definition) is 2. The maximum absolute atomic E-state index is 5.41. The van der Waals surface area contributed by atoms with Gasteiger partial charge in [0.05, 0.1) is 7.11 Å². The second-order valence-corrected chi connectivity index (χ2v) is 5.97. The molecular weight excluding hydrogens is 377 g/mol. The first-order valence-corrected chi connectivity index (χ1v) is 6.99. The zero-order chi connectivity index (χ0) is 15.2. The summed E-state index contributed by atoms with van der Waals surface area (Å²) in [5.41, 5.74) is 1.20. The number of halogens is 1. The van der Waals surface area contributed by atoms with Crippen LogP contribution in [0.25, 0.3) is 0 Å². The highest BCUT2D eigenvalue weighted by atomic mass is 127. The first-order chi connectivity index (χ1) is 9.37. The van der Waals surface area contributed by atoms with E-state index in [1.54, 1.807) is 14.2 Å². The van der Waals surface area contributed by atoms with Crippen molar-refractivity contribution >= 4 is 29.9 Å². The third-order valence-electron chi connectivity index (χ3n) is 2.96. The molecule has 0 aliphatic rings. The summed E-state index contributed by atoms with van der Waals surface area (Å²) in [5, 5.41) is 6.71. The van der Waals surface area contributed by atoms with Gasteiger partial charge in [0.15, 0.2) is 5.96 Å². The summed E-state index contributed by atoms with van der Waals surface area (Å²) in [4.78, 5) is 4.24. The molecular formula is C16H28IN3O. The molecule has 1 aromatic rings. The van der Waals surface area contributed by atoms with Crippen molar-refractivity contribution in [1.29, 1.82) is 0 Å². The van der Waals surface area contributed by atoms with Crippen molar-refractivity contribution < 1.29 is 4.74 Å². The zero-order valence-electron chi connectivity index (χ0n) is 13.9. The van der Waals surface area contributed by atoms with Gasteiger partial charge in [0.25, 0.3) is 0 Å². The minimum absolute atomic E-state index is 0. The number of nitrogens with one attached hydrogen (secondary N) is 2. The van der Waals surface area contributed by atoms with Crippen LogP contribution in [0.15, 0.2) is 29.3 Å². The molecule has 0 bridgehead atoms. The van der Waals surface area contributed by atoms with Gasteiger partial charge < -0.3 is 15.4 Å². The van der Waals surface area contributed by atoms with Crippen LogP contribution < -0.4 is 15.4 Å². The van der Waals surface area contributed by atoms with Crippen molar-refractivity contribution in [2.75, 3.05) is 20.7 Å². The average Bonchev–Trinajstić information content (AvgIpc) is 2.41. The van der Waals surface area contributed by atoms with E-state index < -0.39 is 0 Å². The minimum Gasteiger partial charge on any atom is -0.496 e. The van der Waals surface area contributed by atoms with Gasteiger partial charge in [0.2, 0.25) is 0 Å². The summed E-state index contributed by atoms with van der Waals surface area (Å²) in [6.45, 7) is 9.32. The molecule has 1 unspecified atom stereocenters. The summed E-state index contributed by atoms with van der Waals surface area (Å²) in [6, 6.07) is 8.12. The number of nitrogens with zero attached hydrogens (tertiary/aromatic N) is 1. The summed E-state index contributed by atoms with van der Waals surface area (Å²) in [7, 11) is 3.49. The van der Waals surface area contributed by atoms with Crippen molar-refractivity contribution in [3.05, 3.63) is 29.8 Å². The van der Waals surface area contributed by atoms with Crippen molar-refractivity contribution in [3.8, 4) is 5.75 Å². The monoisotopic (exact) mass is 405 g/mol. The molecule has 0 aliphatic carbocycles.